The molecule has 0 aliphatic heterocycles. The molecule has 0 bridgehead atoms. The number of benzene rings is 2. The highest BCUT2D eigenvalue weighted by atomic mass is 19.1. The zero-order chi connectivity index (χ0) is 21.6. The Hall–Kier alpha value is -4.27. The molecule has 0 aliphatic carbocycles. The second-order valence-electron chi connectivity index (χ2n) is 6.48. The lowest BCUT2D eigenvalue weighted by molar-refractivity contribution is -0.118. The highest BCUT2D eigenvalue weighted by Gasteiger charge is 2.07. The molecule has 31 heavy (non-hydrogen) atoms. The van der Waals surface area contributed by atoms with Crippen LogP contribution in [0.4, 0.5) is 10.1 Å². The molecule has 2 aromatic carbocycles. The molecule has 1 amide bonds. The van der Waals surface area contributed by atoms with Crippen LogP contribution in [0.3, 0.4) is 0 Å². The van der Waals surface area contributed by atoms with Gasteiger partial charge in [-0.15, -0.1) is 0 Å². The standard InChI is InChI=1S/C22H18FN5O3/c1-15-24-10-11-28(15)20-12-22(26-14-25-20)31-19-8-4-17(5-9-19)27-21(29)13-30-18-6-2-16(23)3-7-18/h2-12,14H,13H2,1H3,(H,27,29). The molecule has 2 aromatic heterocycles. The first-order valence-electron chi connectivity index (χ1n) is 9.35. The molecule has 4 aromatic rings. The summed E-state index contributed by atoms with van der Waals surface area (Å²) in [5.41, 5.74) is 0.581. The molecule has 0 unspecified atom stereocenters. The van der Waals surface area contributed by atoms with Gasteiger partial charge in [-0.1, -0.05) is 0 Å². The maximum absolute atomic E-state index is 12.9. The summed E-state index contributed by atoms with van der Waals surface area (Å²) >= 11 is 0. The second-order valence-corrected chi connectivity index (χ2v) is 6.48. The Bertz CT molecular complexity index is 1180. The van der Waals surface area contributed by atoms with E-state index in [0.717, 1.165) is 5.82 Å². The summed E-state index contributed by atoms with van der Waals surface area (Å²) < 4.78 is 25.8. The van der Waals surface area contributed by atoms with Gasteiger partial charge < -0.3 is 14.8 Å². The third-order valence-corrected chi connectivity index (χ3v) is 4.24. The van der Waals surface area contributed by atoms with Crippen LogP contribution in [0.1, 0.15) is 5.82 Å². The summed E-state index contributed by atoms with van der Waals surface area (Å²) in [5, 5.41) is 2.72. The molecule has 0 spiro atoms. The van der Waals surface area contributed by atoms with Crippen LogP contribution < -0.4 is 14.8 Å². The number of aromatic nitrogens is 4. The minimum atomic E-state index is -0.367. The van der Waals surface area contributed by atoms with E-state index >= 15 is 0 Å². The van der Waals surface area contributed by atoms with E-state index < -0.39 is 0 Å². The number of ether oxygens (including phenoxy) is 2. The number of nitrogens with zero attached hydrogens (tertiary/aromatic N) is 4. The lowest BCUT2D eigenvalue weighted by atomic mass is 10.3. The molecule has 0 aliphatic rings. The van der Waals surface area contributed by atoms with E-state index in [2.05, 4.69) is 20.3 Å². The number of hydrogen-bond acceptors (Lipinski definition) is 6. The summed E-state index contributed by atoms with van der Waals surface area (Å²) in [4.78, 5) is 24.6. The smallest absolute Gasteiger partial charge is 0.262 e. The first-order chi connectivity index (χ1) is 15.1. The van der Waals surface area contributed by atoms with Crippen molar-refractivity contribution in [3.63, 3.8) is 0 Å². The number of nitrogens with one attached hydrogen (secondary N) is 1. The summed E-state index contributed by atoms with van der Waals surface area (Å²) in [7, 11) is 0. The van der Waals surface area contributed by atoms with Crippen LogP contribution in [-0.2, 0) is 4.79 Å². The van der Waals surface area contributed by atoms with Gasteiger partial charge in [-0.3, -0.25) is 9.36 Å². The predicted octanol–water partition coefficient (Wildman–Crippen LogP) is 3.92. The van der Waals surface area contributed by atoms with Crippen LogP contribution in [0.25, 0.3) is 5.82 Å². The molecule has 8 nitrogen and oxygen atoms in total. The Morgan fingerprint density at radius 3 is 2.48 bits per heavy atom. The molecule has 0 fully saturated rings. The molecule has 9 heteroatoms. The lowest BCUT2D eigenvalue weighted by Gasteiger charge is -2.09. The van der Waals surface area contributed by atoms with Crippen molar-refractivity contribution in [2.24, 2.45) is 0 Å². The van der Waals surface area contributed by atoms with Crippen molar-refractivity contribution in [1.29, 1.82) is 0 Å². The fraction of sp³-hybridized carbons (Fsp3) is 0.0909. The van der Waals surface area contributed by atoms with Crippen LogP contribution in [0.5, 0.6) is 17.4 Å². The Labute approximate surface area is 177 Å². The monoisotopic (exact) mass is 419 g/mol. The van der Waals surface area contributed by atoms with E-state index in [1.165, 1.54) is 30.6 Å². The van der Waals surface area contributed by atoms with Crippen molar-refractivity contribution in [2.45, 2.75) is 6.92 Å². The topological polar surface area (TPSA) is 91.2 Å². The molecule has 2 heterocycles. The average Bonchev–Trinajstić information content (AvgIpc) is 3.21. The highest BCUT2D eigenvalue weighted by molar-refractivity contribution is 5.91. The number of amides is 1. The van der Waals surface area contributed by atoms with Gasteiger partial charge in [0.2, 0.25) is 5.88 Å². The van der Waals surface area contributed by atoms with Crippen molar-refractivity contribution in [2.75, 3.05) is 11.9 Å². The number of rotatable bonds is 7. The van der Waals surface area contributed by atoms with E-state index in [9.17, 15) is 9.18 Å². The number of anilines is 1. The van der Waals surface area contributed by atoms with Crippen LogP contribution in [0.2, 0.25) is 0 Å². The van der Waals surface area contributed by atoms with Gasteiger partial charge in [-0.25, -0.2) is 19.3 Å². The second kappa shape index (κ2) is 9.04. The number of aryl methyl sites for hydroxylation is 1. The molecule has 0 saturated carbocycles. The maximum Gasteiger partial charge on any atom is 0.262 e. The molecule has 0 atom stereocenters. The Kier molecular flexibility index (Phi) is 5.84. The minimum Gasteiger partial charge on any atom is -0.484 e. The summed E-state index contributed by atoms with van der Waals surface area (Å²) in [5.74, 6) is 2.08. The normalized spacial score (nSPS) is 10.5. The predicted molar refractivity (Wildman–Crippen MR) is 111 cm³/mol. The van der Waals surface area contributed by atoms with E-state index in [0.29, 0.717) is 28.9 Å². The van der Waals surface area contributed by atoms with E-state index in [1.54, 1.807) is 42.7 Å². The average molecular weight is 419 g/mol. The Morgan fingerprint density at radius 2 is 1.77 bits per heavy atom. The molecule has 156 valence electrons. The number of imidazole rings is 1. The zero-order valence-electron chi connectivity index (χ0n) is 16.5. The summed E-state index contributed by atoms with van der Waals surface area (Å²) in [6.07, 6.45) is 4.91. The molecule has 0 radical (unpaired) electrons. The first-order valence-corrected chi connectivity index (χ1v) is 9.35. The van der Waals surface area contributed by atoms with Gasteiger partial charge in [0.05, 0.1) is 0 Å². The van der Waals surface area contributed by atoms with Gasteiger partial charge in [0.25, 0.3) is 5.91 Å². The van der Waals surface area contributed by atoms with E-state index in [1.807, 2.05) is 11.5 Å². The van der Waals surface area contributed by atoms with Crippen LogP contribution >= 0.6 is 0 Å². The zero-order valence-corrected chi connectivity index (χ0v) is 16.5. The fourth-order valence-electron chi connectivity index (χ4n) is 2.74. The van der Waals surface area contributed by atoms with Crippen molar-refractivity contribution >= 4 is 11.6 Å². The highest BCUT2D eigenvalue weighted by Crippen LogP contribution is 2.22. The SMILES string of the molecule is Cc1nccn1-c1cc(Oc2ccc(NC(=O)COc3ccc(F)cc3)cc2)ncn1. The lowest BCUT2D eigenvalue weighted by Crippen LogP contribution is -2.20. The van der Waals surface area contributed by atoms with Crippen LogP contribution in [0.15, 0.2) is 73.3 Å². The van der Waals surface area contributed by atoms with Gasteiger partial charge in [-0.2, -0.15) is 0 Å². The third kappa shape index (κ3) is 5.21. The molecular weight excluding hydrogens is 401 g/mol. The quantitative estimate of drug-likeness (QED) is 0.488. The van der Waals surface area contributed by atoms with Crippen molar-refractivity contribution in [1.82, 2.24) is 19.5 Å². The van der Waals surface area contributed by atoms with Crippen LogP contribution in [0, 0.1) is 12.7 Å². The van der Waals surface area contributed by atoms with Gasteiger partial charge in [0.1, 0.15) is 35.3 Å². The van der Waals surface area contributed by atoms with Gasteiger partial charge in [0.15, 0.2) is 6.61 Å². The molecule has 4 rings (SSSR count). The van der Waals surface area contributed by atoms with Crippen molar-refractivity contribution in [3.05, 3.63) is 85.0 Å². The van der Waals surface area contributed by atoms with Gasteiger partial charge >= 0.3 is 0 Å². The van der Waals surface area contributed by atoms with E-state index in [4.69, 9.17) is 9.47 Å². The fourth-order valence-corrected chi connectivity index (χ4v) is 2.74. The Morgan fingerprint density at radius 1 is 1.03 bits per heavy atom. The largest absolute Gasteiger partial charge is 0.484 e. The van der Waals surface area contributed by atoms with E-state index in [-0.39, 0.29) is 18.3 Å². The molecule has 1 N–H and O–H groups in total. The van der Waals surface area contributed by atoms with Crippen molar-refractivity contribution in [3.8, 4) is 23.2 Å². The van der Waals surface area contributed by atoms with Crippen molar-refractivity contribution < 1.29 is 18.7 Å². The third-order valence-electron chi connectivity index (χ3n) is 4.24. The number of halogens is 1. The summed E-state index contributed by atoms with van der Waals surface area (Å²) in [6.45, 7) is 1.68. The van der Waals surface area contributed by atoms with Crippen LogP contribution in [-0.4, -0.2) is 32.0 Å². The van der Waals surface area contributed by atoms with Gasteiger partial charge in [-0.05, 0) is 55.5 Å². The number of carbonyl (C=O) groups excluding carboxylic acids is 1. The number of carbonyl (C=O) groups is 1. The Balaban J connectivity index is 1.33. The summed E-state index contributed by atoms with van der Waals surface area (Å²) in [6, 6.07) is 14.0. The minimum absolute atomic E-state index is 0.193. The maximum atomic E-state index is 12.9. The van der Waals surface area contributed by atoms with Gasteiger partial charge in [0, 0.05) is 24.1 Å². The molecule has 0 saturated heterocycles. The molecular formula is C22H18FN5O3. The first kappa shape index (κ1) is 20.0. The number of hydrogen-bond donors (Lipinski definition) is 1.